The fourth-order valence-electron chi connectivity index (χ4n) is 5.33. The molecule has 3 heteroatoms. The number of ketones is 1. The van der Waals surface area contributed by atoms with Gasteiger partial charge in [-0.2, -0.15) is 0 Å². The zero-order valence-corrected chi connectivity index (χ0v) is 19.5. The molecule has 0 N–H and O–H groups in total. The lowest BCUT2D eigenvalue weighted by Crippen LogP contribution is -2.13. The molecule has 0 amide bonds. The van der Waals surface area contributed by atoms with Gasteiger partial charge >= 0.3 is 0 Å². The number of Topliss-reactive ketones (excluding diaryl/α,β-unsaturated/α-hetero) is 1. The van der Waals surface area contributed by atoms with Crippen molar-refractivity contribution in [3.63, 3.8) is 0 Å². The maximum atomic E-state index is 11.5. The predicted octanol–water partition coefficient (Wildman–Crippen LogP) is 8.38. The second-order valence-electron chi connectivity index (χ2n) is 9.40. The minimum absolute atomic E-state index is 0. The summed E-state index contributed by atoms with van der Waals surface area (Å²) in [6.07, 6.45) is 11.4. The molecule has 0 unspecified atom stereocenters. The lowest BCUT2D eigenvalue weighted by Gasteiger charge is -2.28. The molecular formula is C29H38O2S. The number of hydrogen-bond donors (Lipinski definition) is 0. The molecule has 2 saturated carbocycles. The van der Waals surface area contributed by atoms with Gasteiger partial charge < -0.3 is 4.74 Å². The fraction of sp³-hybridized carbons (Fsp3) is 0.517. The van der Waals surface area contributed by atoms with Crippen LogP contribution in [0.15, 0.2) is 48.5 Å². The number of carbonyl (C=O) groups is 1. The molecule has 2 aliphatic rings. The lowest BCUT2D eigenvalue weighted by molar-refractivity contribution is -0.120. The minimum Gasteiger partial charge on any atom is -0.445 e. The maximum absolute atomic E-state index is 11.5. The van der Waals surface area contributed by atoms with Gasteiger partial charge in [-0.3, -0.25) is 4.79 Å². The Morgan fingerprint density at radius 2 is 1.38 bits per heavy atom. The van der Waals surface area contributed by atoms with Crippen molar-refractivity contribution in [1.82, 2.24) is 0 Å². The van der Waals surface area contributed by atoms with Gasteiger partial charge in [0.15, 0.2) is 5.05 Å². The second-order valence-corrected chi connectivity index (χ2v) is 9.77. The maximum Gasteiger partial charge on any atom is 0.198 e. The Hall–Kier alpha value is -2.00. The van der Waals surface area contributed by atoms with Crippen molar-refractivity contribution in [2.75, 3.05) is 0 Å². The van der Waals surface area contributed by atoms with E-state index in [9.17, 15) is 4.79 Å². The quantitative estimate of drug-likeness (QED) is 0.413. The number of ether oxygens (including phenoxy) is 1. The fourth-order valence-corrected chi connectivity index (χ4v) is 5.56. The molecule has 0 atom stereocenters. The van der Waals surface area contributed by atoms with Gasteiger partial charge in [0.25, 0.3) is 0 Å². The van der Waals surface area contributed by atoms with Gasteiger partial charge in [-0.25, -0.2) is 0 Å². The number of carbonyl (C=O) groups excluding carboxylic acids is 1. The summed E-state index contributed by atoms with van der Waals surface area (Å²) in [5.41, 5.74) is 3.70. The van der Waals surface area contributed by atoms with Gasteiger partial charge in [0.1, 0.15) is 11.5 Å². The van der Waals surface area contributed by atoms with Gasteiger partial charge in [-0.1, -0.05) is 63.6 Å². The molecule has 32 heavy (non-hydrogen) atoms. The highest BCUT2D eigenvalue weighted by Crippen LogP contribution is 2.37. The standard InChI is InChI=1S/C28H34O2S.CH4/c1-2-3-20-4-6-21(7-5-20)22-8-10-25(11-9-22)28(31)30-27-18-14-24(15-19-27)23-12-16-26(29)17-13-23;/h8-11,14-15,18-21,23H,2-7,12-13,16-17H2,1H3;1H4. The largest absolute Gasteiger partial charge is 0.445 e. The molecule has 2 nitrogen and oxygen atoms in total. The third-order valence-corrected chi connectivity index (χ3v) is 7.59. The van der Waals surface area contributed by atoms with Gasteiger partial charge in [-0.05, 0) is 91.8 Å². The summed E-state index contributed by atoms with van der Waals surface area (Å²) in [6, 6.07) is 17.0. The molecule has 0 heterocycles. The molecule has 172 valence electrons. The van der Waals surface area contributed by atoms with Crippen LogP contribution < -0.4 is 4.74 Å². The monoisotopic (exact) mass is 450 g/mol. The SMILES string of the molecule is C.CCCC1CCC(c2ccc(C(=S)Oc3ccc(C4CCC(=O)CC4)cc3)cc2)CC1. The molecule has 2 fully saturated rings. The summed E-state index contributed by atoms with van der Waals surface area (Å²) in [5.74, 6) is 3.30. The van der Waals surface area contributed by atoms with Crippen LogP contribution in [0, 0.1) is 5.92 Å². The van der Waals surface area contributed by atoms with Crippen LogP contribution in [0.4, 0.5) is 0 Å². The molecule has 0 bridgehead atoms. The second kappa shape index (κ2) is 11.7. The average molecular weight is 451 g/mol. The van der Waals surface area contributed by atoms with Crippen molar-refractivity contribution < 1.29 is 9.53 Å². The van der Waals surface area contributed by atoms with Crippen LogP contribution in [0.25, 0.3) is 0 Å². The number of benzene rings is 2. The number of rotatable bonds is 6. The van der Waals surface area contributed by atoms with E-state index in [0.717, 1.165) is 30.1 Å². The summed E-state index contributed by atoms with van der Waals surface area (Å²) in [5, 5.41) is 0.522. The van der Waals surface area contributed by atoms with Crippen molar-refractivity contribution in [2.24, 2.45) is 5.92 Å². The number of thiocarbonyl (C=S) groups is 1. The Balaban J connectivity index is 0.00000289. The highest BCUT2D eigenvalue weighted by atomic mass is 32.1. The molecule has 0 aliphatic heterocycles. The first-order chi connectivity index (χ1) is 15.1. The third kappa shape index (κ3) is 6.28. The third-order valence-electron chi connectivity index (χ3n) is 7.27. The first kappa shape index (κ1) is 24.6. The average Bonchev–Trinajstić information content (AvgIpc) is 2.81. The predicted molar refractivity (Wildman–Crippen MR) is 138 cm³/mol. The van der Waals surface area contributed by atoms with E-state index >= 15 is 0 Å². The molecule has 4 rings (SSSR count). The summed E-state index contributed by atoms with van der Waals surface area (Å²) in [4.78, 5) is 11.5. The molecule has 0 radical (unpaired) electrons. The van der Waals surface area contributed by atoms with Gasteiger partial charge in [0.2, 0.25) is 0 Å². The van der Waals surface area contributed by atoms with Gasteiger partial charge in [0, 0.05) is 18.4 Å². The van der Waals surface area contributed by atoms with Crippen LogP contribution in [-0.2, 0) is 4.79 Å². The molecular weight excluding hydrogens is 412 g/mol. The smallest absolute Gasteiger partial charge is 0.198 e. The molecule has 0 saturated heterocycles. The lowest BCUT2D eigenvalue weighted by atomic mass is 9.77. The van der Waals surface area contributed by atoms with Crippen molar-refractivity contribution >= 4 is 23.1 Å². The van der Waals surface area contributed by atoms with E-state index in [4.69, 9.17) is 17.0 Å². The summed E-state index contributed by atoms with van der Waals surface area (Å²) in [6.45, 7) is 2.30. The Labute approximate surface area is 199 Å². The summed E-state index contributed by atoms with van der Waals surface area (Å²) < 4.78 is 5.96. The van der Waals surface area contributed by atoms with Crippen LogP contribution >= 0.6 is 12.2 Å². The van der Waals surface area contributed by atoms with Crippen molar-refractivity contribution in [2.45, 2.75) is 90.4 Å². The van der Waals surface area contributed by atoms with E-state index in [1.807, 2.05) is 12.1 Å². The molecule has 2 aliphatic carbocycles. The van der Waals surface area contributed by atoms with Crippen LogP contribution in [0.1, 0.15) is 107 Å². The van der Waals surface area contributed by atoms with Crippen molar-refractivity contribution in [1.29, 1.82) is 0 Å². The van der Waals surface area contributed by atoms with E-state index in [1.54, 1.807) is 0 Å². The molecule has 2 aromatic rings. The van der Waals surface area contributed by atoms with Crippen LogP contribution in [-0.4, -0.2) is 10.8 Å². The topological polar surface area (TPSA) is 26.3 Å². The first-order valence-electron chi connectivity index (χ1n) is 12.1. The Morgan fingerprint density at radius 1 is 0.844 bits per heavy atom. The minimum atomic E-state index is 0. The van der Waals surface area contributed by atoms with Crippen LogP contribution in [0.2, 0.25) is 0 Å². The molecule has 2 aromatic carbocycles. The molecule has 0 spiro atoms. The van der Waals surface area contributed by atoms with Crippen LogP contribution in [0.3, 0.4) is 0 Å². The summed E-state index contributed by atoms with van der Waals surface area (Å²) in [7, 11) is 0. The summed E-state index contributed by atoms with van der Waals surface area (Å²) >= 11 is 5.56. The van der Waals surface area contributed by atoms with Gasteiger partial charge in [-0.15, -0.1) is 0 Å². The van der Waals surface area contributed by atoms with E-state index in [0.29, 0.717) is 35.5 Å². The Morgan fingerprint density at radius 3 is 1.94 bits per heavy atom. The van der Waals surface area contributed by atoms with Gasteiger partial charge in [0.05, 0.1) is 0 Å². The Kier molecular flexibility index (Phi) is 9.04. The normalized spacial score (nSPS) is 21.6. The zero-order valence-electron chi connectivity index (χ0n) is 18.6. The highest BCUT2D eigenvalue weighted by molar-refractivity contribution is 7.80. The first-order valence-corrected chi connectivity index (χ1v) is 12.5. The molecule has 0 aromatic heterocycles. The van der Waals surface area contributed by atoms with E-state index in [-0.39, 0.29) is 7.43 Å². The van der Waals surface area contributed by atoms with E-state index < -0.39 is 0 Å². The van der Waals surface area contributed by atoms with Crippen molar-refractivity contribution in [3.05, 3.63) is 65.2 Å². The van der Waals surface area contributed by atoms with E-state index in [1.165, 1.54) is 49.7 Å². The zero-order chi connectivity index (χ0) is 21.6. The highest BCUT2D eigenvalue weighted by Gasteiger charge is 2.22. The van der Waals surface area contributed by atoms with Crippen molar-refractivity contribution in [3.8, 4) is 5.75 Å². The van der Waals surface area contributed by atoms with Crippen LogP contribution in [0.5, 0.6) is 5.75 Å². The Bertz CT molecular complexity index is 866. The number of hydrogen-bond acceptors (Lipinski definition) is 3. The van der Waals surface area contributed by atoms with E-state index in [2.05, 4.69) is 43.3 Å².